The minimum Gasteiger partial charge on any atom is -0.355 e. The first kappa shape index (κ1) is 13.6. The van der Waals surface area contributed by atoms with Gasteiger partial charge in [0.2, 0.25) is 0 Å². The highest BCUT2D eigenvalue weighted by Gasteiger charge is 2.33. The summed E-state index contributed by atoms with van der Waals surface area (Å²) in [7, 11) is 1.84. The van der Waals surface area contributed by atoms with E-state index in [0.717, 1.165) is 21.7 Å². The fourth-order valence-corrected chi connectivity index (χ4v) is 2.70. The fourth-order valence-electron chi connectivity index (χ4n) is 2.70. The van der Waals surface area contributed by atoms with Crippen molar-refractivity contribution < 1.29 is 8.78 Å². The van der Waals surface area contributed by atoms with Crippen molar-refractivity contribution in [3.8, 4) is 0 Å². The summed E-state index contributed by atoms with van der Waals surface area (Å²) in [6, 6.07) is 19.0. The van der Waals surface area contributed by atoms with Crippen LogP contribution in [0.1, 0.15) is 11.1 Å². The standard InChI is InChI=1S/C17H16F2N2/c1-20-12-21(17(18)19)16(14-10-6-3-7-11-14)15(20)13-8-4-2-5-9-13/h2-11,17H,12H2,1H3. The largest absolute Gasteiger partial charge is 0.355 e. The summed E-state index contributed by atoms with van der Waals surface area (Å²) in [5.41, 5.74) is 3.17. The van der Waals surface area contributed by atoms with Crippen molar-refractivity contribution in [2.45, 2.75) is 6.55 Å². The van der Waals surface area contributed by atoms with Crippen molar-refractivity contribution in [2.75, 3.05) is 13.7 Å². The Bertz CT molecular complexity index is 638. The third-order valence-electron chi connectivity index (χ3n) is 3.59. The molecule has 0 saturated carbocycles. The van der Waals surface area contributed by atoms with Crippen LogP contribution in [0.15, 0.2) is 60.7 Å². The van der Waals surface area contributed by atoms with Crippen LogP contribution >= 0.6 is 0 Å². The van der Waals surface area contributed by atoms with Crippen molar-refractivity contribution in [1.82, 2.24) is 9.80 Å². The van der Waals surface area contributed by atoms with Crippen LogP contribution < -0.4 is 0 Å². The second-order valence-electron chi connectivity index (χ2n) is 5.02. The summed E-state index contributed by atoms with van der Waals surface area (Å²) < 4.78 is 26.8. The number of hydrogen-bond donors (Lipinski definition) is 0. The quantitative estimate of drug-likeness (QED) is 0.789. The van der Waals surface area contributed by atoms with Gasteiger partial charge >= 0.3 is 6.55 Å². The minimum atomic E-state index is -2.52. The zero-order valence-corrected chi connectivity index (χ0v) is 11.7. The topological polar surface area (TPSA) is 6.48 Å². The lowest BCUT2D eigenvalue weighted by Crippen LogP contribution is -2.29. The second kappa shape index (κ2) is 5.56. The van der Waals surface area contributed by atoms with Crippen molar-refractivity contribution in [2.24, 2.45) is 0 Å². The van der Waals surface area contributed by atoms with E-state index >= 15 is 0 Å². The van der Waals surface area contributed by atoms with Crippen LogP contribution in [-0.2, 0) is 0 Å². The Labute approximate surface area is 122 Å². The van der Waals surface area contributed by atoms with E-state index in [4.69, 9.17) is 0 Å². The van der Waals surface area contributed by atoms with Gasteiger partial charge in [-0.15, -0.1) is 0 Å². The highest BCUT2D eigenvalue weighted by molar-refractivity contribution is 5.90. The molecule has 0 amide bonds. The molecule has 21 heavy (non-hydrogen) atoms. The van der Waals surface area contributed by atoms with Gasteiger partial charge in [0.1, 0.15) is 0 Å². The van der Waals surface area contributed by atoms with Gasteiger partial charge in [0, 0.05) is 12.6 Å². The fraction of sp³-hybridized carbons (Fsp3) is 0.176. The van der Waals surface area contributed by atoms with Crippen molar-refractivity contribution in [3.63, 3.8) is 0 Å². The normalized spacial score (nSPS) is 15.2. The van der Waals surface area contributed by atoms with Gasteiger partial charge in [-0.25, -0.2) is 0 Å². The molecule has 1 aliphatic rings. The van der Waals surface area contributed by atoms with Gasteiger partial charge in [-0.1, -0.05) is 60.7 Å². The lowest BCUT2D eigenvalue weighted by atomic mass is 10.0. The van der Waals surface area contributed by atoms with Crippen LogP contribution in [0.4, 0.5) is 8.78 Å². The Balaban J connectivity index is 2.19. The van der Waals surface area contributed by atoms with Crippen LogP contribution in [0.5, 0.6) is 0 Å². The molecule has 0 N–H and O–H groups in total. The third kappa shape index (κ3) is 2.49. The Hall–Kier alpha value is -2.36. The molecule has 0 spiro atoms. The average Bonchev–Trinajstić information content (AvgIpc) is 2.87. The van der Waals surface area contributed by atoms with Crippen LogP contribution in [-0.4, -0.2) is 30.1 Å². The van der Waals surface area contributed by atoms with E-state index in [9.17, 15) is 8.78 Å². The number of nitrogens with zero attached hydrogens (tertiary/aromatic N) is 2. The molecule has 2 nitrogen and oxygen atoms in total. The van der Waals surface area contributed by atoms with Crippen LogP contribution in [0.3, 0.4) is 0 Å². The lowest BCUT2D eigenvalue weighted by molar-refractivity contribution is 0.00529. The average molecular weight is 286 g/mol. The maximum atomic E-state index is 13.4. The number of benzene rings is 2. The molecule has 1 aliphatic heterocycles. The summed E-state index contributed by atoms with van der Waals surface area (Å²) in [6.45, 7) is -2.34. The molecule has 0 aromatic heterocycles. The summed E-state index contributed by atoms with van der Waals surface area (Å²) in [6.07, 6.45) is 0. The van der Waals surface area contributed by atoms with Gasteiger partial charge in [0.05, 0.1) is 18.1 Å². The van der Waals surface area contributed by atoms with Gasteiger partial charge in [0.25, 0.3) is 0 Å². The number of rotatable bonds is 3. The molecule has 0 fully saturated rings. The van der Waals surface area contributed by atoms with Crippen molar-refractivity contribution in [3.05, 3.63) is 71.8 Å². The Morgan fingerprint density at radius 3 is 1.76 bits per heavy atom. The van der Waals surface area contributed by atoms with Gasteiger partial charge in [-0.2, -0.15) is 8.78 Å². The smallest absolute Gasteiger partial charge is 0.316 e. The molecule has 4 heteroatoms. The van der Waals surface area contributed by atoms with E-state index in [-0.39, 0.29) is 6.67 Å². The Morgan fingerprint density at radius 2 is 1.29 bits per heavy atom. The third-order valence-corrected chi connectivity index (χ3v) is 3.59. The molecular formula is C17H16F2N2. The van der Waals surface area contributed by atoms with Gasteiger partial charge in [-0.05, 0) is 5.56 Å². The maximum absolute atomic E-state index is 13.4. The molecule has 0 atom stereocenters. The van der Waals surface area contributed by atoms with Gasteiger partial charge < -0.3 is 4.90 Å². The first-order valence-corrected chi connectivity index (χ1v) is 6.79. The monoisotopic (exact) mass is 286 g/mol. The van der Waals surface area contributed by atoms with Crippen LogP contribution in [0.2, 0.25) is 0 Å². The summed E-state index contributed by atoms with van der Waals surface area (Å²) in [5, 5.41) is 0. The highest BCUT2D eigenvalue weighted by atomic mass is 19.3. The SMILES string of the molecule is CN1CN(C(F)F)C(c2ccccc2)=C1c1ccccc1. The number of alkyl halides is 2. The van der Waals surface area contributed by atoms with Crippen LogP contribution in [0, 0.1) is 0 Å². The molecule has 2 aromatic carbocycles. The van der Waals surface area contributed by atoms with Gasteiger partial charge in [0.15, 0.2) is 0 Å². The lowest BCUT2D eigenvalue weighted by Gasteiger charge is -2.21. The van der Waals surface area contributed by atoms with Crippen molar-refractivity contribution >= 4 is 11.4 Å². The predicted molar refractivity (Wildman–Crippen MR) is 80.2 cm³/mol. The molecular weight excluding hydrogens is 270 g/mol. The van der Waals surface area contributed by atoms with E-state index in [1.54, 1.807) is 0 Å². The highest BCUT2D eigenvalue weighted by Crippen LogP contribution is 2.38. The molecule has 0 unspecified atom stereocenters. The molecule has 0 aliphatic carbocycles. The zero-order chi connectivity index (χ0) is 14.8. The molecule has 0 saturated heterocycles. The molecule has 0 radical (unpaired) electrons. The summed E-state index contributed by atoms with van der Waals surface area (Å²) >= 11 is 0. The molecule has 3 rings (SSSR count). The zero-order valence-electron chi connectivity index (χ0n) is 11.7. The maximum Gasteiger partial charge on any atom is 0.316 e. The second-order valence-corrected chi connectivity index (χ2v) is 5.02. The first-order chi connectivity index (χ1) is 10.2. The van der Waals surface area contributed by atoms with Crippen molar-refractivity contribution in [1.29, 1.82) is 0 Å². The Morgan fingerprint density at radius 1 is 0.810 bits per heavy atom. The molecule has 108 valence electrons. The van der Waals surface area contributed by atoms with E-state index < -0.39 is 6.55 Å². The van der Waals surface area contributed by atoms with Crippen LogP contribution in [0.25, 0.3) is 11.4 Å². The van der Waals surface area contributed by atoms with E-state index in [1.807, 2.05) is 72.6 Å². The number of hydrogen-bond acceptors (Lipinski definition) is 2. The summed E-state index contributed by atoms with van der Waals surface area (Å²) in [5.74, 6) is 0. The van der Waals surface area contributed by atoms with Gasteiger partial charge in [-0.3, -0.25) is 4.90 Å². The molecule has 0 bridgehead atoms. The Kier molecular flexibility index (Phi) is 3.60. The minimum absolute atomic E-state index is 0.187. The number of halogens is 2. The molecule has 1 heterocycles. The predicted octanol–water partition coefficient (Wildman–Crippen LogP) is 3.94. The van der Waals surface area contributed by atoms with E-state index in [0.29, 0.717) is 5.70 Å². The molecule has 2 aromatic rings. The summed E-state index contributed by atoms with van der Waals surface area (Å²) in [4.78, 5) is 3.00. The van der Waals surface area contributed by atoms with E-state index in [2.05, 4.69) is 0 Å². The van der Waals surface area contributed by atoms with E-state index in [1.165, 1.54) is 0 Å². The first-order valence-electron chi connectivity index (χ1n) is 6.79.